The Hall–Kier alpha value is -2.70. The molecular formula is C25H29F3N4O3S2. The quantitative estimate of drug-likeness (QED) is 0.316. The number of thioether (sulfide) groups is 1. The van der Waals surface area contributed by atoms with Gasteiger partial charge in [-0.1, -0.05) is 64.6 Å². The number of ketones is 1. The molecule has 2 aromatic carbocycles. The first-order chi connectivity index (χ1) is 17.2. The number of aromatic nitrogens is 3. The maximum atomic E-state index is 13.5. The molecule has 0 fully saturated rings. The Balaban J connectivity index is 2.17. The molecule has 37 heavy (non-hydrogen) atoms. The molecule has 0 aliphatic heterocycles. The zero-order valence-corrected chi connectivity index (χ0v) is 22.8. The van der Waals surface area contributed by atoms with Crippen molar-refractivity contribution in [1.29, 1.82) is 0 Å². The van der Waals surface area contributed by atoms with Crippen molar-refractivity contribution in [3.05, 3.63) is 54.1 Å². The van der Waals surface area contributed by atoms with Crippen LogP contribution in [0.5, 0.6) is 0 Å². The van der Waals surface area contributed by atoms with Crippen molar-refractivity contribution >= 4 is 27.6 Å². The maximum absolute atomic E-state index is 13.5. The Morgan fingerprint density at radius 3 is 2.24 bits per heavy atom. The highest BCUT2D eigenvalue weighted by molar-refractivity contribution is 7.99. The highest BCUT2D eigenvalue weighted by Crippen LogP contribution is 2.34. The van der Waals surface area contributed by atoms with Crippen LogP contribution >= 0.6 is 11.8 Å². The molecule has 0 aliphatic rings. The molecular weight excluding hydrogens is 525 g/mol. The number of rotatable bonds is 9. The number of hydrogen-bond donors (Lipinski definition) is 0. The van der Waals surface area contributed by atoms with Crippen LogP contribution in [0.4, 0.5) is 13.2 Å². The highest BCUT2D eigenvalue weighted by Gasteiger charge is 2.31. The lowest BCUT2D eigenvalue weighted by molar-refractivity contribution is -0.137. The lowest BCUT2D eigenvalue weighted by atomic mass is 9.92. The fourth-order valence-electron chi connectivity index (χ4n) is 3.46. The molecule has 1 aromatic heterocycles. The van der Waals surface area contributed by atoms with E-state index in [1.165, 1.54) is 33.1 Å². The molecule has 12 heteroatoms. The van der Waals surface area contributed by atoms with Crippen LogP contribution in [0, 0.1) is 5.41 Å². The number of halogens is 3. The molecule has 0 atom stereocenters. The van der Waals surface area contributed by atoms with Gasteiger partial charge in [0, 0.05) is 24.1 Å². The lowest BCUT2D eigenvalue weighted by Crippen LogP contribution is -2.30. The first kappa shape index (κ1) is 28.9. The summed E-state index contributed by atoms with van der Waals surface area (Å²) in [6.07, 6.45) is -4.57. The fourth-order valence-corrected chi connectivity index (χ4v) is 6.08. The van der Waals surface area contributed by atoms with Gasteiger partial charge in [-0.2, -0.15) is 17.5 Å². The largest absolute Gasteiger partial charge is 0.416 e. The van der Waals surface area contributed by atoms with Gasteiger partial charge in [0.2, 0.25) is 10.0 Å². The third kappa shape index (κ3) is 6.42. The average molecular weight is 555 g/mol. The number of alkyl halides is 3. The molecule has 0 saturated heterocycles. The average Bonchev–Trinajstić information content (AvgIpc) is 3.26. The van der Waals surface area contributed by atoms with Crippen molar-refractivity contribution < 1.29 is 26.4 Å². The van der Waals surface area contributed by atoms with Gasteiger partial charge in [0.1, 0.15) is 5.78 Å². The van der Waals surface area contributed by atoms with Crippen molar-refractivity contribution in [3.8, 4) is 17.1 Å². The molecule has 0 saturated carbocycles. The minimum absolute atomic E-state index is 0.0319. The van der Waals surface area contributed by atoms with Gasteiger partial charge in [0.25, 0.3) is 0 Å². The smallest absolute Gasteiger partial charge is 0.298 e. The highest BCUT2D eigenvalue weighted by atomic mass is 32.2. The standard InChI is InChI=1S/C25H29F3N4O3S2/c1-6-31(7-2)37(34,35)20-13-8-10-17(14-20)22-29-30-23(36-16-21(33)24(3,4)5)32(22)19-12-9-11-18(15-19)25(26,27)28/h8-15H,6-7,16H2,1-5H3. The maximum Gasteiger partial charge on any atom is 0.416 e. The third-order valence-corrected chi connectivity index (χ3v) is 8.64. The number of carbonyl (C=O) groups excluding carboxylic acids is 1. The van der Waals surface area contributed by atoms with E-state index in [-0.39, 0.29) is 46.2 Å². The van der Waals surface area contributed by atoms with Crippen LogP contribution in [-0.4, -0.2) is 52.1 Å². The molecule has 7 nitrogen and oxygen atoms in total. The predicted octanol–water partition coefficient (Wildman–Crippen LogP) is 5.69. The van der Waals surface area contributed by atoms with Crippen LogP contribution in [0.3, 0.4) is 0 Å². The molecule has 3 aromatic rings. The van der Waals surface area contributed by atoms with Crippen LogP contribution in [0.15, 0.2) is 58.6 Å². The number of benzene rings is 2. The Bertz CT molecular complexity index is 1380. The zero-order chi connectivity index (χ0) is 27.6. The monoisotopic (exact) mass is 554 g/mol. The number of sulfonamides is 1. The van der Waals surface area contributed by atoms with E-state index in [2.05, 4.69) is 10.2 Å². The van der Waals surface area contributed by atoms with E-state index in [4.69, 9.17) is 0 Å². The first-order valence-corrected chi connectivity index (χ1v) is 14.0. The number of nitrogens with zero attached hydrogens (tertiary/aromatic N) is 4. The van der Waals surface area contributed by atoms with E-state index in [1.54, 1.807) is 46.8 Å². The normalized spacial score (nSPS) is 12.8. The van der Waals surface area contributed by atoms with Crippen LogP contribution in [-0.2, 0) is 21.0 Å². The topological polar surface area (TPSA) is 85.2 Å². The van der Waals surface area contributed by atoms with E-state index in [1.807, 2.05) is 0 Å². The summed E-state index contributed by atoms with van der Waals surface area (Å²) in [6.45, 7) is 9.37. The lowest BCUT2D eigenvalue weighted by Gasteiger charge is -2.19. The molecule has 200 valence electrons. The van der Waals surface area contributed by atoms with Gasteiger partial charge in [0.05, 0.1) is 21.9 Å². The van der Waals surface area contributed by atoms with E-state index < -0.39 is 27.2 Å². The molecule has 0 N–H and O–H groups in total. The Labute approximate surface area is 219 Å². The summed E-state index contributed by atoms with van der Waals surface area (Å²) in [5, 5.41) is 8.56. The first-order valence-electron chi connectivity index (χ1n) is 11.6. The van der Waals surface area contributed by atoms with Crippen LogP contribution < -0.4 is 0 Å². The summed E-state index contributed by atoms with van der Waals surface area (Å²) in [5.41, 5.74) is -0.974. The van der Waals surface area contributed by atoms with E-state index >= 15 is 0 Å². The Morgan fingerprint density at radius 2 is 1.65 bits per heavy atom. The van der Waals surface area contributed by atoms with Gasteiger partial charge in [-0.15, -0.1) is 10.2 Å². The summed E-state index contributed by atoms with van der Waals surface area (Å²) in [4.78, 5) is 12.6. The number of carbonyl (C=O) groups is 1. The van der Waals surface area contributed by atoms with Gasteiger partial charge in [-0.05, 0) is 30.3 Å². The third-order valence-electron chi connectivity index (χ3n) is 5.67. The summed E-state index contributed by atoms with van der Waals surface area (Å²) < 4.78 is 69.3. The van der Waals surface area contributed by atoms with Gasteiger partial charge in [-0.3, -0.25) is 9.36 Å². The van der Waals surface area contributed by atoms with E-state index in [0.717, 1.165) is 23.9 Å². The van der Waals surface area contributed by atoms with Crippen LogP contribution in [0.1, 0.15) is 40.2 Å². The SMILES string of the molecule is CCN(CC)S(=O)(=O)c1cccc(-c2nnc(SCC(=O)C(C)(C)C)n2-c2cccc(C(F)(F)F)c2)c1. The Kier molecular flexibility index (Phi) is 8.55. The van der Waals surface area contributed by atoms with Crippen molar-refractivity contribution in [2.24, 2.45) is 5.41 Å². The van der Waals surface area contributed by atoms with E-state index in [9.17, 15) is 26.4 Å². The molecule has 1 heterocycles. The molecule has 3 rings (SSSR count). The molecule has 0 bridgehead atoms. The van der Waals surface area contributed by atoms with Gasteiger partial charge >= 0.3 is 6.18 Å². The summed E-state index contributed by atoms with van der Waals surface area (Å²) in [6, 6.07) is 10.7. The van der Waals surface area contributed by atoms with Crippen molar-refractivity contribution in [2.75, 3.05) is 18.8 Å². The summed E-state index contributed by atoms with van der Waals surface area (Å²) in [5.74, 6) is 0.128. The summed E-state index contributed by atoms with van der Waals surface area (Å²) >= 11 is 1.06. The molecule has 0 aliphatic carbocycles. The van der Waals surface area contributed by atoms with Gasteiger partial charge in [0.15, 0.2) is 11.0 Å². The molecule has 0 radical (unpaired) electrons. The second kappa shape index (κ2) is 11.0. The van der Waals surface area contributed by atoms with Crippen molar-refractivity contribution in [1.82, 2.24) is 19.1 Å². The Morgan fingerprint density at radius 1 is 1.00 bits per heavy atom. The summed E-state index contributed by atoms with van der Waals surface area (Å²) in [7, 11) is -3.79. The molecule has 0 spiro atoms. The van der Waals surface area contributed by atoms with Crippen molar-refractivity contribution in [3.63, 3.8) is 0 Å². The zero-order valence-electron chi connectivity index (χ0n) is 21.2. The molecule has 0 unspecified atom stereocenters. The van der Waals surface area contributed by atoms with E-state index in [0.29, 0.717) is 5.56 Å². The minimum Gasteiger partial charge on any atom is -0.298 e. The number of Topliss-reactive ketones (excluding diaryl/α,β-unsaturated/α-hetero) is 1. The van der Waals surface area contributed by atoms with Crippen LogP contribution in [0.25, 0.3) is 17.1 Å². The number of hydrogen-bond acceptors (Lipinski definition) is 6. The molecule has 0 amide bonds. The second-order valence-electron chi connectivity index (χ2n) is 9.27. The minimum atomic E-state index is -4.57. The fraction of sp³-hybridized carbons (Fsp3) is 0.400. The van der Waals surface area contributed by atoms with Gasteiger partial charge < -0.3 is 0 Å². The second-order valence-corrected chi connectivity index (χ2v) is 12.1. The van der Waals surface area contributed by atoms with Crippen molar-refractivity contribution in [2.45, 2.75) is 50.8 Å². The van der Waals surface area contributed by atoms with Gasteiger partial charge in [-0.25, -0.2) is 8.42 Å². The van der Waals surface area contributed by atoms with Crippen LogP contribution in [0.2, 0.25) is 0 Å². The predicted molar refractivity (Wildman–Crippen MR) is 137 cm³/mol.